The maximum Gasteiger partial charge on any atom is 0.0480 e. The molecule has 4 aromatic rings. The molecule has 0 fully saturated rings. The Morgan fingerprint density at radius 3 is 2.00 bits per heavy atom. The van der Waals surface area contributed by atoms with Crippen molar-refractivity contribution in [1.82, 2.24) is 0 Å². The first-order chi connectivity index (χ1) is 11.2. The van der Waals surface area contributed by atoms with E-state index in [2.05, 4.69) is 49.4 Å². The second-order valence-corrected chi connectivity index (χ2v) is 6.28. The van der Waals surface area contributed by atoms with Crippen molar-refractivity contribution in [3.05, 3.63) is 77.3 Å². The summed E-state index contributed by atoms with van der Waals surface area (Å²) in [4.78, 5) is 0. The van der Waals surface area contributed by atoms with Crippen LogP contribution in [0.5, 0.6) is 0 Å². The summed E-state index contributed by atoms with van der Waals surface area (Å²) >= 11 is 6.25. The number of aryl methyl sites for hydroxylation is 1. The van der Waals surface area contributed by atoms with Crippen LogP contribution in [-0.4, -0.2) is 0 Å². The van der Waals surface area contributed by atoms with E-state index in [1.54, 1.807) is 0 Å². The minimum absolute atomic E-state index is 0.724. The normalized spacial score (nSPS) is 11.2. The molecule has 23 heavy (non-hydrogen) atoms. The largest absolute Gasteiger partial charge is 0.398 e. The van der Waals surface area contributed by atoms with Crippen molar-refractivity contribution in [3.63, 3.8) is 0 Å². The Hall–Kier alpha value is -2.51. The van der Waals surface area contributed by atoms with E-state index in [0.29, 0.717) is 0 Å². The maximum atomic E-state index is 6.59. The summed E-state index contributed by atoms with van der Waals surface area (Å²) in [6.07, 6.45) is 0. The summed E-state index contributed by atoms with van der Waals surface area (Å²) in [7, 11) is 0. The predicted molar refractivity (Wildman–Crippen MR) is 101 cm³/mol. The molecule has 4 rings (SSSR count). The van der Waals surface area contributed by atoms with Gasteiger partial charge in [-0.1, -0.05) is 66.2 Å². The van der Waals surface area contributed by atoms with Gasteiger partial charge in [0.25, 0.3) is 0 Å². The summed E-state index contributed by atoms with van der Waals surface area (Å²) in [5, 5.41) is 5.37. The van der Waals surface area contributed by atoms with Crippen LogP contribution in [0.4, 0.5) is 5.69 Å². The predicted octanol–water partition coefficient (Wildman–Crippen LogP) is 6.20. The number of hydrogen-bond donors (Lipinski definition) is 1. The van der Waals surface area contributed by atoms with Gasteiger partial charge in [0, 0.05) is 21.7 Å². The standard InChI is InChI=1S/C21H16ClN/c1-13-10-11-14(22)12-19(13)20-17-8-4-2-6-15(17)16-7-3-5-9-18(16)21(20)23/h2-12H,23H2,1H3. The van der Waals surface area contributed by atoms with Crippen molar-refractivity contribution in [2.75, 3.05) is 5.73 Å². The summed E-state index contributed by atoms with van der Waals surface area (Å²) in [5.74, 6) is 0. The molecule has 0 aliphatic rings. The fourth-order valence-corrected chi connectivity index (χ4v) is 3.49. The van der Waals surface area contributed by atoms with Gasteiger partial charge < -0.3 is 5.73 Å². The van der Waals surface area contributed by atoms with Crippen molar-refractivity contribution < 1.29 is 0 Å². The second kappa shape index (κ2) is 5.29. The Kier molecular flexibility index (Phi) is 3.24. The summed E-state index contributed by atoms with van der Waals surface area (Å²) in [5.41, 5.74) is 10.7. The topological polar surface area (TPSA) is 26.0 Å². The molecule has 0 aliphatic carbocycles. The summed E-state index contributed by atoms with van der Waals surface area (Å²) in [6.45, 7) is 2.09. The fraction of sp³-hybridized carbons (Fsp3) is 0.0476. The van der Waals surface area contributed by atoms with Gasteiger partial charge in [0.2, 0.25) is 0 Å². The van der Waals surface area contributed by atoms with Crippen LogP contribution in [0.3, 0.4) is 0 Å². The molecule has 0 unspecified atom stereocenters. The Bertz CT molecular complexity index is 1050. The minimum Gasteiger partial charge on any atom is -0.398 e. The number of hydrogen-bond acceptors (Lipinski definition) is 1. The molecule has 0 aromatic heterocycles. The molecule has 4 aromatic carbocycles. The van der Waals surface area contributed by atoms with Crippen molar-refractivity contribution in [3.8, 4) is 11.1 Å². The van der Waals surface area contributed by atoms with Gasteiger partial charge >= 0.3 is 0 Å². The monoisotopic (exact) mass is 317 g/mol. The quantitative estimate of drug-likeness (QED) is 0.328. The van der Waals surface area contributed by atoms with E-state index >= 15 is 0 Å². The maximum absolute atomic E-state index is 6.59. The smallest absolute Gasteiger partial charge is 0.0480 e. The van der Waals surface area contributed by atoms with Gasteiger partial charge in [0.05, 0.1) is 0 Å². The highest BCUT2D eigenvalue weighted by Gasteiger charge is 2.15. The van der Waals surface area contributed by atoms with E-state index in [1.165, 1.54) is 16.3 Å². The number of nitrogen functional groups attached to an aromatic ring is 1. The first kappa shape index (κ1) is 14.1. The molecule has 0 aliphatic heterocycles. The molecule has 0 saturated heterocycles. The first-order valence-corrected chi connectivity index (χ1v) is 8.00. The number of nitrogens with two attached hydrogens (primary N) is 1. The number of fused-ring (bicyclic) bond motifs is 3. The molecule has 112 valence electrons. The zero-order valence-corrected chi connectivity index (χ0v) is 13.6. The lowest BCUT2D eigenvalue weighted by Gasteiger charge is -2.16. The molecule has 2 N–H and O–H groups in total. The molecule has 0 radical (unpaired) electrons. The molecular formula is C21H16ClN. The van der Waals surface area contributed by atoms with Crippen molar-refractivity contribution in [1.29, 1.82) is 0 Å². The van der Waals surface area contributed by atoms with Crippen LogP contribution in [0.2, 0.25) is 5.02 Å². The van der Waals surface area contributed by atoms with Gasteiger partial charge in [-0.05, 0) is 46.3 Å². The molecule has 0 bridgehead atoms. The fourth-order valence-electron chi connectivity index (χ4n) is 3.32. The van der Waals surface area contributed by atoms with Gasteiger partial charge in [-0.2, -0.15) is 0 Å². The van der Waals surface area contributed by atoms with Gasteiger partial charge in [-0.25, -0.2) is 0 Å². The van der Waals surface area contributed by atoms with E-state index < -0.39 is 0 Å². The SMILES string of the molecule is Cc1ccc(Cl)cc1-c1c(N)c2ccccc2c2ccccc12. The number of halogens is 1. The minimum atomic E-state index is 0.724. The van der Waals surface area contributed by atoms with E-state index in [4.69, 9.17) is 17.3 Å². The van der Waals surface area contributed by atoms with Gasteiger partial charge in [-0.15, -0.1) is 0 Å². The van der Waals surface area contributed by atoms with Crippen LogP contribution in [0, 0.1) is 6.92 Å². The Labute approximate surface area is 140 Å². The van der Waals surface area contributed by atoms with E-state index in [-0.39, 0.29) is 0 Å². The lowest BCUT2D eigenvalue weighted by atomic mass is 9.89. The molecule has 0 heterocycles. The van der Waals surface area contributed by atoms with Crippen molar-refractivity contribution in [2.45, 2.75) is 6.92 Å². The third-order valence-corrected chi connectivity index (χ3v) is 4.68. The van der Waals surface area contributed by atoms with Gasteiger partial charge in [-0.3, -0.25) is 0 Å². The molecule has 0 atom stereocenters. The number of rotatable bonds is 1. The van der Waals surface area contributed by atoms with Crippen LogP contribution in [-0.2, 0) is 0 Å². The van der Waals surface area contributed by atoms with E-state index in [9.17, 15) is 0 Å². The summed E-state index contributed by atoms with van der Waals surface area (Å²) < 4.78 is 0. The van der Waals surface area contributed by atoms with Crippen molar-refractivity contribution >= 4 is 38.8 Å². The zero-order valence-electron chi connectivity index (χ0n) is 12.8. The molecule has 0 saturated carbocycles. The van der Waals surface area contributed by atoms with E-state index in [1.807, 2.05) is 24.3 Å². The van der Waals surface area contributed by atoms with Gasteiger partial charge in [0.15, 0.2) is 0 Å². The van der Waals surface area contributed by atoms with Crippen LogP contribution in [0.25, 0.3) is 32.7 Å². The first-order valence-electron chi connectivity index (χ1n) is 7.62. The second-order valence-electron chi connectivity index (χ2n) is 5.84. The van der Waals surface area contributed by atoms with Crippen LogP contribution in [0.1, 0.15) is 5.56 Å². The molecular weight excluding hydrogens is 302 g/mol. The van der Waals surface area contributed by atoms with Crippen molar-refractivity contribution in [2.24, 2.45) is 0 Å². The highest BCUT2D eigenvalue weighted by Crippen LogP contribution is 2.42. The summed E-state index contributed by atoms with van der Waals surface area (Å²) in [6, 6.07) is 22.7. The molecule has 1 nitrogen and oxygen atoms in total. The number of benzene rings is 4. The highest BCUT2D eigenvalue weighted by atomic mass is 35.5. The Balaban J connectivity index is 2.25. The molecule has 2 heteroatoms. The number of anilines is 1. The average molecular weight is 318 g/mol. The lowest BCUT2D eigenvalue weighted by molar-refractivity contribution is 1.47. The highest BCUT2D eigenvalue weighted by molar-refractivity contribution is 6.31. The van der Waals surface area contributed by atoms with Crippen LogP contribution in [0.15, 0.2) is 66.7 Å². The third kappa shape index (κ3) is 2.16. The lowest BCUT2D eigenvalue weighted by Crippen LogP contribution is -1.96. The average Bonchev–Trinajstić information content (AvgIpc) is 2.58. The third-order valence-electron chi connectivity index (χ3n) is 4.44. The van der Waals surface area contributed by atoms with Gasteiger partial charge in [0.1, 0.15) is 0 Å². The molecule has 0 spiro atoms. The Morgan fingerprint density at radius 1 is 0.739 bits per heavy atom. The zero-order chi connectivity index (χ0) is 16.0. The van der Waals surface area contributed by atoms with Crippen LogP contribution >= 0.6 is 11.6 Å². The Morgan fingerprint density at radius 2 is 1.30 bits per heavy atom. The van der Waals surface area contributed by atoms with E-state index in [0.717, 1.165) is 32.6 Å². The van der Waals surface area contributed by atoms with Crippen LogP contribution < -0.4 is 5.73 Å². The molecule has 0 amide bonds.